The SMILES string of the molecule is O=C(Cn1ccc(=O)c2ccc(Br)cc21)Nc1ccccc1. The summed E-state index contributed by atoms with van der Waals surface area (Å²) in [6.07, 6.45) is 1.64. The molecule has 0 aliphatic heterocycles. The smallest absolute Gasteiger partial charge is 0.244 e. The van der Waals surface area contributed by atoms with Gasteiger partial charge in [-0.25, -0.2) is 0 Å². The van der Waals surface area contributed by atoms with Gasteiger partial charge in [0.2, 0.25) is 5.91 Å². The number of nitrogens with zero attached hydrogens (tertiary/aromatic N) is 1. The summed E-state index contributed by atoms with van der Waals surface area (Å²) in [5.41, 5.74) is 1.42. The minimum atomic E-state index is -0.142. The number of hydrogen-bond acceptors (Lipinski definition) is 2. The lowest BCUT2D eigenvalue weighted by atomic mass is 10.2. The number of amides is 1. The third-order valence-corrected chi connectivity index (χ3v) is 3.81. The summed E-state index contributed by atoms with van der Waals surface area (Å²) in [5, 5.41) is 3.43. The summed E-state index contributed by atoms with van der Waals surface area (Å²) in [4.78, 5) is 24.1. The summed E-state index contributed by atoms with van der Waals surface area (Å²) in [6, 6.07) is 16.2. The molecule has 22 heavy (non-hydrogen) atoms. The van der Waals surface area contributed by atoms with Gasteiger partial charge in [-0.15, -0.1) is 0 Å². The molecule has 0 bridgehead atoms. The largest absolute Gasteiger partial charge is 0.338 e. The van der Waals surface area contributed by atoms with E-state index >= 15 is 0 Å². The van der Waals surface area contributed by atoms with Crippen LogP contribution in [0.2, 0.25) is 0 Å². The summed E-state index contributed by atoms with van der Waals surface area (Å²) in [6.45, 7) is 0.141. The highest BCUT2D eigenvalue weighted by Gasteiger charge is 2.08. The van der Waals surface area contributed by atoms with Crippen LogP contribution < -0.4 is 10.7 Å². The summed E-state index contributed by atoms with van der Waals surface area (Å²) in [5.74, 6) is -0.142. The van der Waals surface area contributed by atoms with Crippen LogP contribution in [0.25, 0.3) is 10.9 Å². The second kappa shape index (κ2) is 6.15. The summed E-state index contributed by atoms with van der Waals surface area (Å²) >= 11 is 3.40. The van der Waals surface area contributed by atoms with Crippen LogP contribution in [0.3, 0.4) is 0 Å². The van der Waals surface area contributed by atoms with Gasteiger partial charge in [-0.2, -0.15) is 0 Å². The highest BCUT2D eigenvalue weighted by Crippen LogP contribution is 2.17. The lowest BCUT2D eigenvalue weighted by Gasteiger charge is -2.11. The van der Waals surface area contributed by atoms with Gasteiger partial charge in [-0.3, -0.25) is 9.59 Å². The van der Waals surface area contributed by atoms with Crippen LogP contribution in [0, 0.1) is 0 Å². The molecule has 0 saturated heterocycles. The van der Waals surface area contributed by atoms with Gasteiger partial charge >= 0.3 is 0 Å². The minimum absolute atomic E-state index is 0.0535. The van der Waals surface area contributed by atoms with E-state index in [4.69, 9.17) is 0 Å². The Labute approximate surface area is 135 Å². The quantitative estimate of drug-likeness (QED) is 0.781. The first-order valence-corrected chi connectivity index (χ1v) is 7.56. The maximum atomic E-state index is 12.2. The van der Waals surface area contributed by atoms with Crippen molar-refractivity contribution in [2.45, 2.75) is 6.54 Å². The Balaban J connectivity index is 1.91. The molecule has 0 unspecified atom stereocenters. The molecule has 0 aliphatic carbocycles. The fourth-order valence-corrected chi connectivity index (χ4v) is 2.64. The molecular formula is C17H13BrN2O2. The van der Waals surface area contributed by atoms with Gasteiger partial charge in [0.05, 0.1) is 5.52 Å². The van der Waals surface area contributed by atoms with Crippen molar-refractivity contribution in [2.24, 2.45) is 0 Å². The van der Waals surface area contributed by atoms with Crippen LogP contribution in [0.4, 0.5) is 5.69 Å². The number of hydrogen-bond donors (Lipinski definition) is 1. The van der Waals surface area contributed by atoms with Crippen LogP contribution in [0.15, 0.2) is 70.1 Å². The number of benzene rings is 2. The molecule has 0 spiro atoms. The third-order valence-electron chi connectivity index (χ3n) is 3.31. The first kappa shape index (κ1) is 14.5. The first-order valence-electron chi connectivity index (χ1n) is 6.77. The van der Waals surface area contributed by atoms with E-state index in [9.17, 15) is 9.59 Å². The number of halogens is 1. The van der Waals surface area contributed by atoms with Gasteiger partial charge in [0.25, 0.3) is 0 Å². The molecule has 0 radical (unpaired) electrons. The molecule has 5 heteroatoms. The Morgan fingerprint density at radius 3 is 2.64 bits per heavy atom. The molecular weight excluding hydrogens is 344 g/mol. The van der Waals surface area contributed by atoms with Gasteiger partial charge < -0.3 is 9.88 Å². The molecule has 0 fully saturated rings. The topological polar surface area (TPSA) is 51.1 Å². The van der Waals surface area contributed by atoms with Crippen molar-refractivity contribution < 1.29 is 4.79 Å². The van der Waals surface area contributed by atoms with Crippen LogP contribution >= 0.6 is 15.9 Å². The Hall–Kier alpha value is -2.40. The van der Waals surface area contributed by atoms with Gasteiger partial charge in [0.1, 0.15) is 6.54 Å². The minimum Gasteiger partial charge on any atom is -0.338 e. The van der Waals surface area contributed by atoms with Gasteiger partial charge in [0, 0.05) is 27.8 Å². The predicted octanol–water partition coefficient (Wildman–Crippen LogP) is 3.40. The van der Waals surface area contributed by atoms with Crippen molar-refractivity contribution in [1.82, 2.24) is 4.57 Å². The number of pyridine rings is 1. The van der Waals surface area contributed by atoms with Gasteiger partial charge in [-0.05, 0) is 30.3 Å². The van der Waals surface area contributed by atoms with Crippen LogP contribution in [-0.4, -0.2) is 10.5 Å². The van der Waals surface area contributed by atoms with Crippen molar-refractivity contribution in [2.75, 3.05) is 5.32 Å². The van der Waals surface area contributed by atoms with Crippen molar-refractivity contribution in [3.63, 3.8) is 0 Å². The number of fused-ring (bicyclic) bond motifs is 1. The Kier molecular flexibility index (Phi) is 4.06. The lowest BCUT2D eigenvalue weighted by molar-refractivity contribution is -0.116. The van der Waals surface area contributed by atoms with E-state index in [0.29, 0.717) is 5.39 Å². The van der Waals surface area contributed by atoms with Crippen molar-refractivity contribution >= 4 is 38.4 Å². The van der Waals surface area contributed by atoms with Crippen LogP contribution in [0.5, 0.6) is 0 Å². The van der Waals surface area contributed by atoms with E-state index in [0.717, 1.165) is 15.7 Å². The molecule has 1 amide bonds. The summed E-state index contributed by atoms with van der Waals surface area (Å²) in [7, 11) is 0. The predicted molar refractivity (Wildman–Crippen MR) is 91.0 cm³/mol. The van der Waals surface area contributed by atoms with E-state index in [-0.39, 0.29) is 17.9 Å². The van der Waals surface area contributed by atoms with E-state index in [1.807, 2.05) is 42.5 Å². The average Bonchev–Trinajstić information content (AvgIpc) is 2.51. The fourth-order valence-electron chi connectivity index (χ4n) is 2.29. The van der Waals surface area contributed by atoms with Gasteiger partial charge in [0.15, 0.2) is 5.43 Å². The number of anilines is 1. The number of nitrogens with one attached hydrogen (secondary N) is 1. The summed E-state index contributed by atoms with van der Waals surface area (Å²) < 4.78 is 2.63. The van der Waals surface area contributed by atoms with Crippen molar-refractivity contribution in [1.29, 1.82) is 0 Å². The molecule has 0 saturated carbocycles. The number of aromatic nitrogens is 1. The van der Waals surface area contributed by atoms with E-state index < -0.39 is 0 Å². The zero-order valence-corrected chi connectivity index (χ0v) is 13.2. The molecule has 0 aliphatic rings. The van der Waals surface area contributed by atoms with Crippen LogP contribution in [-0.2, 0) is 11.3 Å². The van der Waals surface area contributed by atoms with Crippen LogP contribution in [0.1, 0.15) is 0 Å². The highest BCUT2D eigenvalue weighted by atomic mass is 79.9. The lowest BCUT2D eigenvalue weighted by Crippen LogP contribution is -2.20. The molecule has 1 heterocycles. The maximum absolute atomic E-state index is 12.2. The average molecular weight is 357 g/mol. The molecule has 4 nitrogen and oxygen atoms in total. The Bertz CT molecular complexity index is 888. The van der Waals surface area contributed by atoms with Crippen molar-refractivity contribution in [3.05, 3.63) is 75.5 Å². The second-order valence-corrected chi connectivity index (χ2v) is 5.80. The second-order valence-electron chi connectivity index (χ2n) is 4.88. The number of para-hydroxylation sites is 1. The van der Waals surface area contributed by atoms with E-state index in [1.54, 1.807) is 16.8 Å². The highest BCUT2D eigenvalue weighted by molar-refractivity contribution is 9.10. The Morgan fingerprint density at radius 1 is 1.09 bits per heavy atom. The normalized spacial score (nSPS) is 10.6. The van der Waals surface area contributed by atoms with E-state index in [1.165, 1.54) is 6.07 Å². The third kappa shape index (κ3) is 3.09. The monoisotopic (exact) mass is 356 g/mol. The molecule has 1 aromatic heterocycles. The number of carbonyl (C=O) groups excluding carboxylic acids is 1. The fraction of sp³-hybridized carbons (Fsp3) is 0.0588. The molecule has 3 rings (SSSR count). The molecule has 0 atom stereocenters. The molecule has 3 aromatic rings. The van der Waals surface area contributed by atoms with Crippen molar-refractivity contribution in [3.8, 4) is 0 Å². The zero-order chi connectivity index (χ0) is 15.5. The zero-order valence-electron chi connectivity index (χ0n) is 11.6. The first-order chi connectivity index (χ1) is 10.6. The molecule has 2 aromatic carbocycles. The maximum Gasteiger partial charge on any atom is 0.244 e. The molecule has 1 N–H and O–H groups in total. The van der Waals surface area contributed by atoms with Gasteiger partial charge in [-0.1, -0.05) is 34.1 Å². The van der Waals surface area contributed by atoms with E-state index in [2.05, 4.69) is 21.2 Å². The molecule has 110 valence electrons. The number of rotatable bonds is 3. The Morgan fingerprint density at radius 2 is 1.86 bits per heavy atom. The standard InChI is InChI=1S/C17H13BrN2O2/c18-12-6-7-14-15(10-12)20(9-8-16(14)21)11-17(22)19-13-4-2-1-3-5-13/h1-10H,11H2,(H,19,22). The number of carbonyl (C=O) groups is 1.